The molecule has 0 saturated carbocycles. The van der Waals surface area contributed by atoms with Gasteiger partial charge in [0, 0.05) is 6.42 Å². The standard InChI is InChI=1S/C25H52NO3P/c1-6-8-9-10-11-12-13-14-15-16-17-18-19-20-21-22-23-24-29-30(27,28)25(7-2)26(3,4)5/h13-14,25H,6-12,15-24H2,1-5H3/p+1. The molecule has 1 N–H and O–H groups in total. The molecule has 0 aliphatic rings. The molecule has 0 bridgehead atoms. The molecular weight excluding hydrogens is 393 g/mol. The van der Waals surface area contributed by atoms with E-state index < -0.39 is 7.60 Å². The van der Waals surface area contributed by atoms with E-state index in [0.29, 0.717) is 17.5 Å². The van der Waals surface area contributed by atoms with E-state index in [0.717, 1.165) is 12.8 Å². The highest BCUT2D eigenvalue weighted by atomic mass is 31.2. The first-order valence-electron chi connectivity index (χ1n) is 12.7. The fourth-order valence-electron chi connectivity index (χ4n) is 4.02. The Morgan fingerprint density at radius 2 is 1.20 bits per heavy atom. The minimum Gasteiger partial charge on any atom is -0.320 e. The molecular formula is C25H53NO3P+. The lowest BCUT2D eigenvalue weighted by molar-refractivity contribution is -0.883. The third-order valence-corrected chi connectivity index (χ3v) is 8.18. The smallest absolute Gasteiger partial charge is 0.320 e. The molecule has 0 aliphatic carbocycles. The summed E-state index contributed by atoms with van der Waals surface area (Å²) >= 11 is 0. The van der Waals surface area contributed by atoms with Gasteiger partial charge in [0.1, 0.15) is 0 Å². The lowest BCUT2D eigenvalue weighted by Crippen LogP contribution is -2.44. The monoisotopic (exact) mass is 446 g/mol. The number of rotatable bonds is 21. The molecule has 4 nitrogen and oxygen atoms in total. The average molecular weight is 447 g/mol. The molecule has 2 unspecified atom stereocenters. The van der Waals surface area contributed by atoms with Crippen LogP contribution < -0.4 is 0 Å². The zero-order valence-corrected chi connectivity index (χ0v) is 21.8. The van der Waals surface area contributed by atoms with Gasteiger partial charge >= 0.3 is 7.60 Å². The van der Waals surface area contributed by atoms with E-state index in [4.69, 9.17) is 4.52 Å². The molecule has 0 aromatic carbocycles. The second-order valence-corrected chi connectivity index (χ2v) is 11.7. The molecule has 0 heterocycles. The minimum atomic E-state index is -3.55. The fraction of sp³-hybridized carbons (Fsp3) is 0.920. The zero-order chi connectivity index (χ0) is 22.7. The summed E-state index contributed by atoms with van der Waals surface area (Å²) in [6.07, 6.45) is 24.5. The topological polar surface area (TPSA) is 46.5 Å². The Morgan fingerprint density at radius 1 is 0.767 bits per heavy atom. The average Bonchev–Trinajstić information content (AvgIpc) is 2.66. The van der Waals surface area contributed by atoms with Gasteiger partial charge in [-0.1, -0.05) is 90.2 Å². The maximum Gasteiger partial charge on any atom is 0.385 e. The van der Waals surface area contributed by atoms with Crippen molar-refractivity contribution >= 4 is 7.60 Å². The number of hydrogen-bond donors (Lipinski definition) is 1. The van der Waals surface area contributed by atoms with Crippen molar-refractivity contribution in [3.8, 4) is 0 Å². The van der Waals surface area contributed by atoms with Gasteiger partial charge in [0.15, 0.2) is 5.78 Å². The summed E-state index contributed by atoms with van der Waals surface area (Å²) in [5, 5.41) is 0. The molecule has 180 valence electrons. The number of nitrogens with zero attached hydrogens (tertiary/aromatic N) is 1. The molecule has 0 saturated heterocycles. The Balaban J connectivity index is 3.49. The van der Waals surface area contributed by atoms with Gasteiger partial charge in [-0.05, 0) is 32.1 Å². The molecule has 0 fully saturated rings. The maximum absolute atomic E-state index is 12.5. The van der Waals surface area contributed by atoms with Gasteiger partial charge in [0.2, 0.25) is 0 Å². The molecule has 2 atom stereocenters. The molecule has 0 aliphatic heterocycles. The predicted octanol–water partition coefficient (Wildman–Crippen LogP) is 8.06. The van der Waals surface area contributed by atoms with Crippen molar-refractivity contribution in [2.45, 2.75) is 122 Å². The Morgan fingerprint density at radius 3 is 1.63 bits per heavy atom. The van der Waals surface area contributed by atoms with Crippen LogP contribution in [-0.2, 0) is 9.09 Å². The number of allylic oxidation sites excluding steroid dienone is 2. The van der Waals surface area contributed by atoms with Crippen LogP contribution in [0, 0.1) is 0 Å². The van der Waals surface area contributed by atoms with E-state index in [-0.39, 0.29) is 5.78 Å². The second kappa shape index (κ2) is 18.4. The van der Waals surface area contributed by atoms with E-state index >= 15 is 0 Å². The van der Waals surface area contributed by atoms with Gasteiger partial charge < -0.3 is 13.9 Å². The highest BCUT2D eigenvalue weighted by Gasteiger charge is 2.41. The molecule has 0 radical (unpaired) electrons. The Kier molecular flexibility index (Phi) is 18.3. The molecule has 0 spiro atoms. The van der Waals surface area contributed by atoms with Crippen molar-refractivity contribution in [3.63, 3.8) is 0 Å². The summed E-state index contributed by atoms with van der Waals surface area (Å²) in [6.45, 7) is 4.62. The lowest BCUT2D eigenvalue weighted by atomic mass is 10.1. The van der Waals surface area contributed by atoms with Gasteiger partial charge in [0.05, 0.1) is 27.7 Å². The third kappa shape index (κ3) is 16.5. The van der Waals surface area contributed by atoms with Gasteiger partial charge in [0.25, 0.3) is 0 Å². The predicted molar refractivity (Wildman–Crippen MR) is 132 cm³/mol. The summed E-state index contributed by atoms with van der Waals surface area (Å²) in [5.41, 5.74) is 0. The van der Waals surface area contributed by atoms with E-state index in [2.05, 4.69) is 19.1 Å². The third-order valence-electron chi connectivity index (χ3n) is 5.82. The van der Waals surface area contributed by atoms with Crippen molar-refractivity contribution in [1.82, 2.24) is 0 Å². The van der Waals surface area contributed by atoms with Crippen LogP contribution in [-0.4, -0.2) is 42.9 Å². The molecule has 0 aromatic heterocycles. The van der Waals surface area contributed by atoms with Crippen LogP contribution in [0.25, 0.3) is 0 Å². The van der Waals surface area contributed by atoms with Crippen LogP contribution in [0.3, 0.4) is 0 Å². The van der Waals surface area contributed by atoms with Crippen molar-refractivity contribution in [1.29, 1.82) is 0 Å². The van der Waals surface area contributed by atoms with Crippen molar-refractivity contribution in [2.24, 2.45) is 0 Å². The van der Waals surface area contributed by atoms with Gasteiger partial charge in [-0.3, -0.25) is 4.57 Å². The van der Waals surface area contributed by atoms with Crippen LogP contribution in [0.2, 0.25) is 0 Å². The van der Waals surface area contributed by atoms with Crippen molar-refractivity contribution in [2.75, 3.05) is 27.7 Å². The molecule has 0 amide bonds. The van der Waals surface area contributed by atoms with Gasteiger partial charge in [-0.25, -0.2) is 0 Å². The summed E-state index contributed by atoms with van der Waals surface area (Å²) in [7, 11) is 2.30. The second-order valence-electron chi connectivity index (χ2n) is 9.69. The SMILES string of the molecule is CCCCCCCC=CCCCCCCCCCCOP(=O)(O)C(CC)[N+](C)(C)C. The van der Waals surface area contributed by atoms with Gasteiger partial charge in [-0.15, -0.1) is 0 Å². The Hall–Kier alpha value is -0.150. The first-order chi connectivity index (χ1) is 14.3. The van der Waals surface area contributed by atoms with Crippen LogP contribution in [0.15, 0.2) is 12.2 Å². The normalized spacial score (nSPS) is 15.5. The highest BCUT2D eigenvalue weighted by Crippen LogP contribution is 2.51. The van der Waals surface area contributed by atoms with Crippen LogP contribution in [0.1, 0.15) is 117 Å². The fourth-order valence-corrected chi connectivity index (χ4v) is 5.92. The van der Waals surface area contributed by atoms with E-state index in [9.17, 15) is 9.46 Å². The quantitative estimate of drug-likeness (QED) is 0.0839. The summed E-state index contributed by atoms with van der Waals surface area (Å²) in [6, 6.07) is 0. The lowest BCUT2D eigenvalue weighted by Gasteiger charge is -2.35. The summed E-state index contributed by atoms with van der Waals surface area (Å²) < 4.78 is 18.4. The highest BCUT2D eigenvalue weighted by molar-refractivity contribution is 7.53. The first-order valence-corrected chi connectivity index (χ1v) is 14.3. The first kappa shape index (κ1) is 29.9. The van der Waals surface area contributed by atoms with E-state index in [1.165, 1.54) is 83.5 Å². The summed E-state index contributed by atoms with van der Waals surface area (Å²) in [4.78, 5) is 10.3. The Labute approximate surface area is 188 Å². The molecule has 30 heavy (non-hydrogen) atoms. The number of hydrogen-bond acceptors (Lipinski definition) is 2. The van der Waals surface area contributed by atoms with Gasteiger partial charge in [-0.2, -0.15) is 0 Å². The van der Waals surface area contributed by atoms with E-state index in [1.54, 1.807) is 0 Å². The Bertz CT molecular complexity index is 460. The minimum absolute atomic E-state index is 0.349. The summed E-state index contributed by atoms with van der Waals surface area (Å²) in [5.74, 6) is -0.349. The van der Waals surface area contributed by atoms with Crippen molar-refractivity contribution in [3.05, 3.63) is 12.2 Å². The van der Waals surface area contributed by atoms with Crippen LogP contribution in [0.4, 0.5) is 0 Å². The zero-order valence-electron chi connectivity index (χ0n) is 20.9. The van der Waals surface area contributed by atoms with Crippen LogP contribution in [0.5, 0.6) is 0 Å². The van der Waals surface area contributed by atoms with Crippen LogP contribution >= 0.6 is 7.60 Å². The van der Waals surface area contributed by atoms with Crippen molar-refractivity contribution < 1.29 is 18.5 Å². The largest absolute Gasteiger partial charge is 0.385 e. The molecule has 0 aromatic rings. The molecule has 0 rings (SSSR count). The maximum atomic E-state index is 12.5. The number of quaternary nitrogens is 1. The number of unbranched alkanes of at least 4 members (excludes halogenated alkanes) is 13. The van der Waals surface area contributed by atoms with E-state index in [1.807, 2.05) is 28.1 Å². The molecule has 5 heteroatoms.